The van der Waals surface area contributed by atoms with Crippen molar-refractivity contribution in [3.8, 4) is 28.7 Å². The molecule has 3 heterocycles. The van der Waals surface area contributed by atoms with Crippen LogP contribution in [0.15, 0.2) is 52.3 Å². The van der Waals surface area contributed by atoms with Crippen molar-refractivity contribution in [2.24, 2.45) is 0 Å². The number of nitrogens with zero attached hydrogens (tertiary/aromatic N) is 1. The van der Waals surface area contributed by atoms with Crippen molar-refractivity contribution in [2.45, 2.75) is 6.92 Å². The van der Waals surface area contributed by atoms with Gasteiger partial charge in [0, 0.05) is 16.3 Å². The Kier molecular flexibility index (Phi) is 4.33. The average molecular weight is 408 g/mol. The third-order valence-electron chi connectivity index (χ3n) is 4.42. The summed E-state index contributed by atoms with van der Waals surface area (Å²) in [5, 5.41) is 6.07. The second-order valence-corrected chi connectivity index (χ2v) is 7.14. The Morgan fingerprint density at radius 2 is 2.10 bits per heavy atom. The Hall–Kier alpha value is -3.52. The van der Waals surface area contributed by atoms with Crippen LogP contribution in [0.1, 0.15) is 17.3 Å². The van der Waals surface area contributed by atoms with Crippen LogP contribution in [0.3, 0.4) is 0 Å². The molecular weight excluding hydrogens is 392 g/mol. The highest BCUT2D eigenvalue weighted by Gasteiger charge is 2.18. The zero-order valence-electron chi connectivity index (χ0n) is 15.4. The third-order valence-corrected chi connectivity index (χ3v) is 5.18. The van der Waals surface area contributed by atoms with Gasteiger partial charge >= 0.3 is 0 Å². The van der Waals surface area contributed by atoms with E-state index in [-0.39, 0.29) is 12.7 Å². The van der Waals surface area contributed by atoms with E-state index in [9.17, 15) is 4.79 Å². The molecule has 5 rings (SSSR count). The fourth-order valence-corrected chi connectivity index (χ4v) is 3.78. The number of amides is 1. The lowest BCUT2D eigenvalue weighted by atomic mass is 10.2. The van der Waals surface area contributed by atoms with E-state index in [1.165, 1.54) is 11.3 Å². The smallest absolute Gasteiger partial charge is 0.257 e. The Morgan fingerprint density at radius 1 is 1.21 bits per heavy atom. The molecule has 4 aromatic rings. The van der Waals surface area contributed by atoms with Gasteiger partial charge in [0.05, 0.1) is 6.61 Å². The lowest BCUT2D eigenvalue weighted by molar-refractivity contribution is 0.102. The number of hydrogen-bond acceptors (Lipinski definition) is 7. The molecule has 0 bridgehead atoms. The van der Waals surface area contributed by atoms with E-state index < -0.39 is 0 Å². The molecule has 0 atom stereocenters. The number of rotatable bonds is 5. The van der Waals surface area contributed by atoms with Crippen molar-refractivity contribution in [2.75, 3.05) is 18.7 Å². The number of benzene rings is 2. The highest BCUT2D eigenvalue weighted by atomic mass is 32.1. The second kappa shape index (κ2) is 7.14. The molecule has 0 saturated heterocycles. The molecule has 2 aromatic carbocycles. The molecule has 0 unspecified atom stereocenters. The number of thiazole rings is 1. The number of para-hydroxylation sites is 1. The van der Waals surface area contributed by atoms with Crippen molar-refractivity contribution in [3.05, 3.63) is 53.4 Å². The SMILES string of the molecule is CCOc1cccc2cc(-c3csc(NC(=O)c4ccc5c(c4)OCO5)n3)oc12. The predicted octanol–water partition coefficient (Wildman–Crippen LogP) is 4.94. The number of aromatic nitrogens is 1. The van der Waals surface area contributed by atoms with E-state index in [2.05, 4.69) is 10.3 Å². The molecule has 0 spiro atoms. The van der Waals surface area contributed by atoms with E-state index in [1.54, 1.807) is 18.2 Å². The van der Waals surface area contributed by atoms with Crippen LogP contribution in [-0.2, 0) is 0 Å². The van der Waals surface area contributed by atoms with Gasteiger partial charge in [-0.2, -0.15) is 0 Å². The standard InChI is InChI=1S/C21H16N2O5S/c1-2-25-16-5-3-4-12-8-17(28-19(12)16)14-10-29-21(22-14)23-20(24)13-6-7-15-18(9-13)27-11-26-15/h3-10H,2,11H2,1H3,(H,22,23,24). The summed E-state index contributed by atoms with van der Waals surface area (Å²) in [5.74, 6) is 2.24. The first-order valence-corrected chi connectivity index (χ1v) is 9.91. The first kappa shape index (κ1) is 17.6. The predicted molar refractivity (Wildman–Crippen MR) is 109 cm³/mol. The van der Waals surface area contributed by atoms with Gasteiger partial charge in [-0.05, 0) is 37.3 Å². The Balaban J connectivity index is 1.37. The normalized spacial score (nSPS) is 12.3. The van der Waals surface area contributed by atoms with Crippen LogP contribution >= 0.6 is 11.3 Å². The molecule has 1 amide bonds. The van der Waals surface area contributed by atoms with Gasteiger partial charge in [0.25, 0.3) is 5.91 Å². The topological polar surface area (TPSA) is 82.8 Å². The van der Waals surface area contributed by atoms with Gasteiger partial charge in [-0.1, -0.05) is 12.1 Å². The monoisotopic (exact) mass is 408 g/mol. The van der Waals surface area contributed by atoms with Crippen LogP contribution in [0.2, 0.25) is 0 Å². The van der Waals surface area contributed by atoms with Gasteiger partial charge in [-0.15, -0.1) is 11.3 Å². The number of hydrogen-bond donors (Lipinski definition) is 1. The molecule has 29 heavy (non-hydrogen) atoms. The Labute approximate surface area is 169 Å². The van der Waals surface area contributed by atoms with Crippen LogP contribution in [0.4, 0.5) is 5.13 Å². The molecule has 0 radical (unpaired) electrons. The molecule has 1 N–H and O–H groups in total. The van der Waals surface area contributed by atoms with E-state index in [1.807, 2.05) is 36.6 Å². The molecule has 8 heteroatoms. The summed E-state index contributed by atoms with van der Waals surface area (Å²) in [5.41, 5.74) is 1.80. The summed E-state index contributed by atoms with van der Waals surface area (Å²) >= 11 is 1.33. The number of nitrogens with one attached hydrogen (secondary N) is 1. The van der Waals surface area contributed by atoms with Crippen molar-refractivity contribution < 1.29 is 23.4 Å². The minimum absolute atomic E-state index is 0.165. The van der Waals surface area contributed by atoms with E-state index in [4.69, 9.17) is 18.6 Å². The van der Waals surface area contributed by atoms with Gasteiger partial charge in [0.2, 0.25) is 6.79 Å². The highest BCUT2D eigenvalue weighted by Crippen LogP contribution is 2.35. The number of furan rings is 1. The maximum absolute atomic E-state index is 12.5. The van der Waals surface area contributed by atoms with Crippen molar-refractivity contribution in [1.82, 2.24) is 4.98 Å². The number of fused-ring (bicyclic) bond motifs is 2. The maximum atomic E-state index is 12.5. The number of ether oxygens (including phenoxy) is 3. The molecule has 1 aliphatic heterocycles. The summed E-state index contributed by atoms with van der Waals surface area (Å²) in [6.45, 7) is 2.65. The summed E-state index contributed by atoms with van der Waals surface area (Å²) in [6, 6.07) is 12.7. The van der Waals surface area contributed by atoms with Crippen LogP contribution in [0.25, 0.3) is 22.4 Å². The van der Waals surface area contributed by atoms with Crippen LogP contribution in [-0.4, -0.2) is 24.3 Å². The first-order chi connectivity index (χ1) is 14.2. The first-order valence-electron chi connectivity index (χ1n) is 9.03. The molecular formula is C21H16N2O5S. The summed E-state index contributed by atoms with van der Waals surface area (Å²) in [6.07, 6.45) is 0. The average Bonchev–Trinajstić information content (AvgIpc) is 3.46. The number of carbonyl (C=O) groups is 1. The van der Waals surface area contributed by atoms with E-state index in [0.29, 0.717) is 51.6 Å². The fraction of sp³-hybridized carbons (Fsp3) is 0.143. The molecule has 0 saturated carbocycles. The molecule has 0 fully saturated rings. The van der Waals surface area contributed by atoms with Crippen molar-refractivity contribution in [3.63, 3.8) is 0 Å². The van der Waals surface area contributed by atoms with Gasteiger partial charge in [-0.3, -0.25) is 10.1 Å². The van der Waals surface area contributed by atoms with Gasteiger partial charge in [-0.25, -0.2) is 4.98 Å². The molecule has 2 aromatic heterocycles. The van der Waals surface area contributed by atoms with Gasteiger partial charge in [0.1, 0.15) is 5.69 Å². The fourth-order valence-electron chi connectivity index (χ4n) is 3.08. The summed E-state index contributed by atoms with van der Waals surface area (Å²) < 4.78 is 22.2. The van der Waals surface area contributed by atoms with Crippen molar-refractivity contribution >= 4 is 33.3 Å². The van der Waals surface area contributed by atoms with E-state index in [0.717, 1.165) is 5.39 Å². The van der Waals surface area contributed by atoms with Crippen LogP contribution in [0.5, 0.6) is 17.2 Å². The van der Waals surface area contributed by atoms with Gasteiger partial charge < -0.3 is 18.6 Å². The minimum Gasteiger partial charge on any atom is -0.490 e. The zero-order chi connectivity index (χ0) is 19.8. The quantitative estimate of drug-likeness (QED) is 0.504. The Bertz CT molecular complexity index is 1210. The lowest BCUT2D eigenvalue weighted by Gasteiger charge is -2.03. The molecule has 1 aliphatic rings. The van der Waals surface area contributed by atoms with Crippen molar-refractivity contribution in [1.29, 1.82) is 0 Å². The summed E-state index contributed by atoms with van der Waals surface area (Å²) in [4.78, 5) is 17.0. The van der Waals surface area contributed by atoms with Gasteiger partial charge in [0.15, 0.2) is 33.7 Å². The van der Waals surface area contributed by atoms with Crippen LogP contribution in [0, 0.1) is 0 Å². The largest absolute Gasteiger partial charge is 0.490 e. The molecule has 7 nitrogen and oxygen atoms in total. The number of anilines is 1. The molecule has 0 aliphatic carbocycles. The number of carbonyl (C=O) groups excluding carboxylic acids is 1. The zero-order valence-corrected chi connectivity index (χ0v) is 16.2. The third kappa shape index (κ3) is 3.27. The maximum Gasteiger partial charge on any atom is 0.257 e. The lowest BCUT2D eigenvalue weighted by Crippen LogP contribution is -2.11. The summed E-state index contributed by atoms with van der Waals surface area (Å²) in [7, 11) is 0. The Morgan fingerprint density at radius 3 is 3.00 bits per heavy atom. The minimum atomic E-state index is -0.271. The van der Waals surface area contributed by atoms with E-state index >= 15 is 0 Å². The highest BCUT2D eigenvalue weighted by molar-refractivity contribution is 7.14. The van der Waals surface area contributed by atoms with Crippen LogP contribution < -0.4 is 19.5 Å². The molecule has 146 valence electrons. The second-order valence-electron chi connectivity index (χ2n) is 6.28.